The van der Waals surface area contributed by atoms with Crippen LogP contribution in [0.5, 0.6) is 23.0 Å². The lowest BCUT2D eigenvalue weighted by atomic mass is 9.92. The van der Waals surface area contributed by atoms with Crippen LogP contribution in [-0.2, 0) is 25.5 Å². The molecule has 2 unspecified atom stereocenters. The third-order valence-corrected chi connectivity index (χ3v) is 10.8. The SMILES string of the molecule is CCC(=O)OCCCCOC(C)(CC)c1ccc(Oc2ccc(OC(C)(CC)c3ccc(C(=O)Oc4ccc(N=Nc5ccc(N(CC)CC)cc5)cc4)cc3)cc2)cc1. The Labute approximate surface area is 355 Å². The van der Waals surface area contributed by atoms with Crippen LogP contribution in [0.2, 0.25) is 0 Å². The van der Waals surface area contributed by atoms with E-state index in [4.69, 9.17) is 23.7 Å². The molecular weight excluding hydrogens is 755 g/mol. The number of esters is 2. The average Bonchev–Trinajstić information content (AvgIpc) is 3.28. The second-order valence-corrected chi connectivity index (χ2v) is 14.8. The summed E-state index contributed by atoms with van der Waals surface area (Å²) in [5, 5.41) is 8.68. The topological polar surface area (TPSA) is 108 Å². The van der Waals surface area contributed by atoms with Crippen molar-refractivity contribution in [2.45, 2.75) is 91.8 Å². The Morgan fingerprint density at radius 3 is 1.60 bits per heavy atom. The van der Waals surface area contributed by atoms with Crippen LogP contribution in [0, 0.1) is 0 Å². The van der Waals surface area contributed by atoms with Crippen LogP contribution < -0.4 is 19.1 Å². The lowest BCUT2D eigenvalue weighted by Gasteiger charge is -2.30. The lowest BCUT2D eigenvalue weighted by molar-refractivity contribution is -0.143. The van der Waals surface area contributed by atoms with E-state index in [1.807, 2.05) is 91.9 Å². The molecular formula is C50H59N3O7. The van der Waals surface area contributed by atoms with E-state index in [9.17, 15) is 9.59 Å². The highest BCUT2D eigenvalue weighted by atomic mass is 16.5. The third-order valence-electron chi connectivity index (χ3n) is 10.8. The highest BCUT2D eigenvalue weighted by molar-refractivity contribution is 5.91. The van der Waals surface area contributed by atoms with Gasteiger partial charge in [0, 0.05) is 31.8 Å². The Morgan fingerprint density at radius 1 is 0.567 bits per heavy atom. The molecule has 5 aromatic rings. The molecule has 0 bridgehead atoms. The highest BCUT2D eigenvalue weighted by Gasteiger charge is 2.28. The molecule has 0 aromatic heterocycles. The first-order valence-corrected chi connectivity index (χ1v) is 21.1. The van der Waals surface area contributed by atoms with Crippen molar-refractivity contribution >= 4 is 29.0 Å². The van der Waals surface area contributed by atoms with Gasteiger partial charge in [-0.2, -0.15) is 10.2 Å². The normalized spacial score (nSPS) is 13.2. The molecule has 0 aliphatic heterocycles. The van der Waals surface area contributed by atoms with Crippen molar-refractivity contribution in [3.8, 4) is 23.0 Å². The van der Waals surface area contributed by atoms with Gasteiger partial charge < -0.3 is 28.6 Å². The number of anilines is 1. The van der Waals surface area contributed by atoms with Crippen LogP contribution in [0.4, 0.5) is 17.1 Å². The molecule has 0 saturated carbocycles. The standard InChI is InChI=1S/C50H59N3O7/c1-8-47(54)56-35-13-14-36-57-49(6,9-2)38-19-27-43(28-20-38)58-44-31-33-46(34-32-44)60-50(7,10-3)39-17-15-37(16-18-39)48(55)59-45-29-23-41(24-30-45)52-51-40-21-25-42(26-22-40)53(11-4)12-5/h15-34H,8-14,35-36H2,1-7H3. The molecule has 5 aromatic carbocycles. The van der Waals surface area contributed by atoms with Gasteiger partial charge in [0.15, 0.2) is 0 Å². The summed E-state index contributed by atoms with van der Waals surface area (Å²) in [4.78, 5) is 26.7. The average molecular weight is 814 g/mol. The van der Waals surface area contributed by atoms with Crippen molar-refractivity contribution in [2.24, 2.45) is 10.2 Å². The number of ether oxygens (including phenoxy) is 5. The number of carbonyl (C=O) groups excluding carboxylic acids is 2. The Hall–Kier alpha value is -6.00. The Morgan fingerprint density at radius 2 is 1.05 bits per heavy atom. The number of azo groups is 1. The minimum absolute atomic E-state index is 0.171. The summed E-state index contributed by atoms with van der Waals surface area (Å²) in [5.74, 6) is 1.88. The molecule has 10 nitrogen and oxygen atoms in total. The summed E-state index contributed by atoms with van der Waals surface area (Å²) in [6, 6.07) is 37.8. The Balaban J connectivity index is 1.11. The van der Waals surface area contributed by atoms with Gasteiger partial charge in [-0.1, -0.05) is 45.0 Å². The fourth-order valence-electron chi connectivity index (χ4n) is 6.50. The van der Waals surface area contributed by atoms with Gasteiger partial charge in [-0.25, -0.2) is 4.79 Å². The summed E-state index contributed by atoms with van der Waals surface area (Å²) in [7, 11) is 0. The van der Waals surface area contributed by atoms with Crippen LogP contribution in [0.25, 0.3) is 0 Å². The first-order chi connectivity index (χ1) is 29.0. The van der Waals surface area contributed by atoms with Gasteiger partial charge in [-0.05, 0) is 162 Å². The first kappa shape index (κ1) is 45.1. The maximum absolute atomic E-state index is 13.1. The molecule has 10 heteroatoms. The first-order valence-electron chi connectivity index (χ1n) is 21.1. The van der Waals surface area contributed by atoms with Crippen molar-refractivity contribution in [2.75, 3.05) is 31.2 Å². The van der Waals surface area contributed by atoms with Gasteiger partial charge in [-0.15, -0.1) is 0 Å². The molecule has 0 saturated heterocycles. The van der Waals surface area contributed by atoms with E-state index in [1.54, 1.807) is 43.3 Å². The van der Waals surface area contributed by atoms with Crippen molar-refractivity contribution in [3.05, 3.63) is 138 Å². The highest BCUT2D eigenvalue weighted by Crippen LogP contribution is 2.35. The molecule has 0 aliphatic carbocycles. The van der Waals surface area contributed by atoms with Crippen LogP contribution in [0.3, 0.4) is 0 Å². The molecule has 0 aliphatic rings. The predicted octanol–water partition coefficient (Wildman–Crippen LogP) is 13.0. The molecule has 0 N–H and O–H groups in total. The number of hydrogen-bond donors (Lipinski definition) is 0. The monoisotopic (exact) mass is 813 g/mol. The van der Waals surface area contributed by atoms with Gasteiger partial charge in [0.05, 0.1) is 29.1 Å². The fourth-order valence-corrected chi connectivity index (χ4v) is 6.50. The minimum Gasteiger partial charge on any atom is -0.483 e. The van der Waals surface area contributed by atoms with E-state index < -0.39 is 17.2 Å². The number of rotatable bonds is 22. The molecule has 0 spiro atoms. The predicted molar refractivity (Wildman–Crippen MR) is 237 cm³/mol. The molecule has 2 atom stereocenters. The lowest BCUT2D eigenvalue weighted by Crippen LogP contribution is -2.28. The maximum atomic E-state index is 13.1. The molecule has 0 amide bonds. The smallest absolute Gasteiger partial charge is 0.343 e. The molecule has 0 heterocycles. The van der Waals surface area contributed by atoms with E-state index in [0.717, 1.165) is 54.9 Å². The largest absolute Gasteiger partial charge is 0.483 e. The third kappa shape index (κ3) is 12.5. The summed E-state index contributed by atoms with van der Waals surface area (Å²) in [6.45, 7) is 17.3. The zero-order valence-electron chi connectivity index (χ0n) is 36.1. The van der Waals surface area contributed by atoms with Crippen LogP contribution in [0.15, 0.2) is 132 Å². The summed E-state index contributed by atoms with van der Waals surface area (Å²) in [5.41, 5.74) is 3.92. The fraction of sp³-hybridized carbons (Fsp3) is 0.360. The van der Waals surface area contributed by atoms with E-state index in [-0.39, 0.29) is 5.97 Å². The molecule has 0 radical (unpaired) electrons. The van der Waals surface area contributed by atoms with E-state index >= 15 is 0 Å². The van der Waals surface area contributed by atoms with Gasteiger partial charge >= 0.3 is 11.9 Å². The summed E-state index contributed by atoms with van der Waals surface area (Å²) >= 11 is 0. The van der Waals surface area contributed by atoms with Crippen molar-refractivity contribution < 1.29 is 33.3 Å². The van der Waals surface area contributed by atoms with Gasteiger partial charge in [0.1, 0.15) is 28.6 Å². The zero-order chi connectivity index (χ0) is 43.0. The Kier molecular flexibility index (Phi) is 16.4. The van der Waals surface area contributed by atoms with Gasteiger partial charge in [0.2, 0.25) is 0 Å². The van der Waals surface area contributed by atoms with Crippen molar-refractivity contribution in [1.82, 2.24) is 0 Å². The molecule has 0 fully saturated rings. The van der Waals surface area contributed by atoms with E-state index in [0.29, 0.717) is 60.3 Å². The number of hydrogen-bond acceptors (Lipinski definition) is 10. The second-order valence-electron chi connectivity index (χ2n) is 14.8. The second kappa shape index (κ2) is 21.8. The number of nitrogens with zero attached hydrogens (tertiary/aromatic N) is 3. The number of unbranched alkanes of at least 4 members (excludes halogenated alkanes) is 1. The quantitative estimate of drug-likeness (QED) is 0.0294. The molecule has 5 rings (SSSR count). The minimum atomic E-state index is -0.645. The van der Waals surface area contributed by atoms with Gasteiger partial charge in [-0.3, -0.25) is 4.79 Å². The van der Waals surface area contributed by atoms with Crippen molar-refractivity contribution in [1.29, 1.82) is 0 Å². The number of carbonyl (C=O) groups is 2. The summed E-state index contributed by atoms with van der Waals surface area (Å²) in [6.07, 6.45) is 3.49. The van der Waals surface area contributed by atoms with E-state index in [1.165, 1.54) is 0 Å². The zero-order valence-corrected chi connectivity index (χ0v) is 36.1. The molecule has 316 valence electrons. The Bertz CT molecular complexity index is 2120. The number of benzene rings is 5. The van der Waals surface area contributed by atoms with Crippen LogP contribution >= 0.6 is 0 Å². The van der Waals surface area contributed by atoms with Crippen molar-refractivity contribution in [3.63, 3.8) is 0 Å². The van der Waals surface area contributed by atoms with Crippen LogP contribution in [0.1, 0.15) is 102 Å². The maximum Gasteiger partial charge on any atom is 0.343 e. The van der Waals surface area contributed by atoms with Gasteiger partial charge in [0.25, 0.3) is 0 Å². The summed E-state index contributed by atoms with van der Waals surface area (Å²) < 4.78 is 29.8. The van der Waals surface area contributed by atoms with Crippen LogP contribution in [-0.4, -0.2) is 38.2 Å². The molecule has 60 heavy (non-hydrogen) atoms. The van der Waals surface area contributed by atoms with E-state index in [2.05, 4.69) is 49.7 Å².